The van der Waals surface area contributed by atoms with Gasteiger partial charge in [0.15, 0.2) is 11.5 Å². The van der Waals surface area contributed by atoms with Gasteiger partial charge in [-0.1, -0.05) is 18.6 Å². The lowest BCUT2D eigenvalue weighted by atomic mass is 9.80. The van der Waals surface area contributed by atoms with Gasteiger partial charge in [-0.2, -0.15) is 4.98 Å². The molecule has 40 heavy (non-hydrogen) atoms. The molecule has 0 bridgehead atoms. The molecule has 2 aromatic heterocycles. The number of nitrogens with zero attached hydrogens (tertiary/aromatic N) is 5. The maximum absolute atomic E-state index is 14.2. The number of rotatable bonds is 8. The molecule has 8 nitrogen and oxygen atoms in total. The number of benzene rings is 1. The zero-order chi connectivity index (χ0) is 27.8. The number of aromatic nitrogens is 4. The van der Waals surface area contributed by atoms with Crippen LogP contribution >= 0.6 is 0 Å². The molecule has 2 atom stereocenters. The molecule has 3 fully saturated rings. The molecule has 1 aliphatic heterocycles. The van der Waals surface area contributed by atoms with E-state index in [1.807, 2.05) is 6.07 Å². The van der Waals surface area contributed by atoms with Crippen LogP contribution in [0.1, 0.15) is 86.9 Å². The second kappa shape index (κ2) is 11.1. The van der Waals surface area contributed by atoms with Crippen molar-refractivity contribution in [3.63, 3.8) is 0 Å². The summed E-state index contributed by atoms with van der Waals surface area (Å²) >= 11 is 0. The number of imidazole rings is 1. The van der Waals surface area contributed by atoms with Gasteiger partial charge in [-0.3, -0.25) is 0 Å². The van der Waals surface area contributed by atoms with Crippen LogP contribution in [0, 0.1) is 35.9 Å². The Balaban J connectivity index is 1.46. The van der Waals surface area contributed by atoms with Crippen molar-refractivity contribution in [1.82, 2.24) is 19.5 Å². The summed E-state index contributed by atoms with van der Waals surface area (Å²) < 4.78 is 16.4. The summed E-state index contributed by atoms with van der Waals surface area (Å²) in [5.41, 5.74) is 2.04. The number of halogens is 1. The Labute approximate surface area is 234 Å². The molecular weight excluding hydrogens is 507 g/mol. The minimum absolute atomic E-state index is 0.0272. The number of hydrogen-bond donors (Lipinski definition) is 2. The first-order valence-electron chi connectivity index (χ1n) is 14.7. The summed E-state index contributed by atoms with van der Waals surface area (Å²) in [6.45, 7) is 3.63. The Morgan fingerprint density at radius 1 is 1.15 bits per heavy atom. The SMILES string of the molecule is C#CC1CCC(Cn2c(N3CCCC3c3cccc(F)c3)nc3nc(C(=O)O)nc(N[C@H](C)C4CCC4)c32)CC1. The third-order valence-corrected chi connectivity index (χ3v) is 9.26. The quantitative estimate of drug-likeness (QED) is 0.334. The highest BCUT2D eigenvalue weighted by Gasteiger charge is 2.34. The highest BCUT2D eigenvalue weighted by molar-refractivity contribution is 5.91. The maximum atomic E-state index is 14.2. The van der Waals surface area contributed by atoms with Gasteiger partial charge >= 0.3 is 5.97 Å². The molecule has 9 heteroatoms. The van der Waals surface area contributed by atoms with Crippen LogP contribution < -0.4 is 10.2 Å². The third-order valence-electron chi connectivity index (χ3n) is 9.26. The van der Waals surface area contributed by atoms with E-state index in [0.29, 0.717) is 29.2 Å². The summed E-state index contributed by atoms with van der Waals surface area (Å²) in [5.74, 6) is 3.78. The van der Waals surface area contributed by atoms with Crippen LogP contribution in [-0.2, 0) is 6.54 Å². The van der Waals surface area contributed by atoms with Crippen molar-refractivity contribution in [2.24, 2.45) is 17.8 Å². The highest BCUT2D eigenvalue weighted by atomic mass is 19.1. The second-order valence-electron chi connectivity index (χ2n) is 11.8. The molecule has 3 aliphatic rings. The van der Waals surface area contributed by atoms with Gasteiger partial charge < -0.3 is 19.9 Å². The number of carbonyl (C=O) groups is 1. The Bertz CT molecular complexity index is 1440. The van der Waals surface area contributed by atoms with Gasteiger partial charge in [0, 0.05) is 25.0 Å². The molecule has 0 amide bonds. The smallest absolute Gasteiger partial charge is 0.374 e. The first kappa shape index (κ1) is 26.5. The Morgan fingerprint density at radius 2 is 1.95 bits per heavy atom. The van der Waals surface area contributed by atoms with Gasteiger partial charge in [0.25, 0.3) is 0 Å². The molecule has 1 aromatic carbocycles. The Hall–Kier alpha value is -3.67. The van der Waals surface area contributed by atoms with E-state index in [9.17, 15) is 14.3 Å². The van der Waals surface area contributed by atoms with Crippen molar-refractivity contribution in [3.8, 4) is 12.3 Å². The normalized spacial score (nSPS) is 24.0. The van der Waals surface area contributed by atoms with E-state index in [2.05, 4.69) is 37.6 Å². The van der Waals surface area contributed by atoms with Gasteiger partial charge in [0.05, 0.1) is 6.04 Å². The van der Waals surface area contributed by atoms with E-state index in [-0.39, 0.29) is 23.7 Å². The van der Waals surface area contributed by atoms with Crippen LogP contribution in [0.3, 0.4) is 0 Å². The number of carboxylic acids is 1. The minimum atomic E-state index is -1.18. The Morgan fingerprint density at radius 3 is 2.62 bits per heavy atom. The number of anilines is 2. The highest BCUT2D eigenvalue weighted by Crippen LogP contribution is 2.40. The van der Waals surface area contributed by atoms with Crippen molar-refractivity contribution < 1.29 is 14.3 Å². The van der Waals surface area contributed by atoms with Crippen molar-refractivity contribution in [2.45, 2.75) is 83.3 Å². The van der Waals surface area contributed by atoms with Crippen molar-refractivity contribution in [2.75, 3.05) is 16.8 Å². The van der Waals surface area contributed by atoms with Crippen molar-refractivity contribution in [1.29, 1.82) is 0 Å². The second-order valence-corrected chi connectivity index (χ2v) is 11.8. The monoisotopic (exact) mass is 544 g/mol. The molecule has 2 N–H and O–H groups in total. The summed E-state index contributed by atoms with van der Waals surface area (Å²) in [5, 5.41) is 13.4. The summed E-state index contributed by atoms with van der Waals surface area (Å²) in [6, 6.07) is 6.92. The molecule has 210 valence electrons. The van der Waals surface area contributed by atoms with Crippen LogP contribution in [-0.4, -0.2) is 43.2 Å². The molecule has 2 saturated carbocycles. The number of terminal acetylenes is 1. The first-order chi connectivity index (χ1) is 19.4. The molecule has 1 unspecified atom stereocenters. The van der Waals surface area contributed by atoms with Gasteiger partial charge in [0.1, 0.15) is 11.3 Å². The minimum Gasteiger partial charge on any atom is -0.475 e. The van der Waals surface area contributed by atoms with Crippen molar-refractivity contribution in [3.05, 3.63) is 41.5 Å². The fourth-order valence-corrected chi connectivity index (χ4v) is 6.72. The lowest BCUT2D eigenvalue weighted by molar-refractivity contribution is 0.0684. The lowest BCUT2D eigenvalue weighted by Gasteiger charge is -2.33. The average molecular weight is 545 g/mol. The Kier molecular flexibility index (Phi) is 7.35. The molecule has 3 heterocycles. The summed E-state index contributed by atoms with van der Waals surface area (Å²) in [4.78, 5) is 28.2. The van der Waals surface area contributed by atoms with E-state index in [0.717, 1.165) is 81.5 Å². The topological polar surface area (TPSA) is 96.2 Å². The number of carboxylic acid groups (broad SMARTS) is 1. The van der Waals surface area contributed by atoms with Crippen LogP contribution in [0.25, 0.3) is 11.2 Å². The predicted octanol–water partition coefficient (Wildman–Crippen LogP) is 6.05. The zero-order valence-electron chi connectivity index (χ0n) is 23.0. The maximum Gasteiger partial charge on any atom is 0.374 e. The third kappa shape index (κ3) is 5.12. The largest absolute Gasteiger partial charge is 0.475 e. The first-order valence-corrected chi connectivity index (χ1v) is 14.7. The summed E-state index contributed by atoms with van der Waals surface area (Å²) in [6.07, 6.45) is 15.1. The van der Waals surface area contributed by atoms with Gasteiger partial charge in [-0.05, 0) is 87.8 Å². The number of aromatic carboxylic acids is 1. The number of fused-ring (bicyclic) bond motifs is 1. The van der Waals surface area contributed by atoms with Crippen LogP contribution in [0.15, 0.2) is 24.3 Å². The average Bonchev–Trinajstić information content (AvgIpc) is 3.53. The summed E-state index contributed by atoms with van der Waals surface area (Å²) in [7, 11) is 0. The van der Waals surface area contributed by atoms with Gasteiger partial charge in [-0.15, -0.1) is 12.3 Å². The molecule has 1 saturated heterocycles. The number of hydrogen-bond acceptors (Lipinski definition) is 6. The van der Waals surface area contributed by atoms with Crippen LogP contribution in [0.2, 0.25) is 0 Å². The molecule has 6 rings (SSSR count). The van der Waals surface area contributed by atoms with E-state index in [1.54, 1.807) is 12.1 Å². The molecule has 2 aliphatic carbocycles. The molecule has 3 aromatic rings. The van der Waals surface area contributed by atoms with E-state index >= 15 is 0 Å². The number of nitrogens with one attached hydrogen (secondary N) is 1. The zero-order valence-corrected chi connectivity index (χ0v) is 23.0. The van der Waals surface area contributed by atoms with E-state index in [1.165, 1.54) is 12.5 Å². The fraction of sp³-hybridized carbons (Fsp3) is 0.548. The predicted molar refractivity (Wildman–Crippen MR) is 153 cm³/mol. The molecular formula is C31H37FN6O2. The van der Waals surface area contributed by atoms with E-state index in [4.69, 9.17) is 11.4 Å². The van der Waals surface area contributed by atoms with Crippen LogP contribution in [0.4, 0.5) is 16.2 Å². The van der Waals surface area contributed by atoms with Gasteiger partial charge in [0.2, 0.25) is 11.8 Å². The molecule has 0 radical (unpaired) electrons. The standard InChI is InChI=1S/C31H37FN6O2/c1-3-20-12-14-21(15-13-20)18-38-26-27(33-19(2)22-7-4-8-22)34-29(30(39)40)35-28(26)36-31(38)37-16-6-11-25(37)23-9-5-10-24(32)17-23/h1,5,9-10,17,19-22,25H,4,6-8,11-16,18H2,2H3,(H,39,40)(H,33,34,35)/t19-,20?,21?,25?/m1/s1. The van der Waals surface area contributed by atoms with Crippen molar-refractivity contribution >= 4 is 28.9 Å². The molecule has 0 spiro atoms. The fourth-order valence-electron chi connectivity index (χ4n) is 6.72. The lowest BCUT2D eigenvalue weighted by Crippen LogP contribution is -2.32. The van der Waals surface area contributed by atoms with E-state index < -0.39 is 5.97 Å². The van der Waals surface area contributed by atoms with Crippen LogP contribution in [0.5, 0.6) is 0 Å². The van der Waals surface area contributed by atoms with Gasteiger partial charge in [-0.25, -0.2) is 19.2 Å².